The molecule has 1 amide bonds. The van der Waals surface area contributed by atoms with E-state index in [9.17, 15) is 4.79 Å². The lowest BCUT2D eigenvalue weighted by Crippen LogP contribution is -2.33. The molecule has 0 saturated heterocycles. The van der Waals surface area contributed by atoms with Crippen molar-refractivity contribution in [1.82, 2.24) is 10.6 Å². The number of halogens is 1. The molecule has 2 aromatic rings. The number of carbonyl (C=O) groups excluding carboxylic acids is 1. The van der Waals surface area contributed by atoms with Crippen LogP contribution in [0.25, 0.3) is 0 Å². The number of guanidine groups is 1. The van der Waals surface area contributed by atoms with E-state index in [0.717, 1.165) is 29.2 Å². The molecule has 0 saturated carbocycles. The van der Waals surface area contributed by atoms with Crippen molar-refractivity contribution in [2.45, 2.75) is 12.8 Å². The zero-order chi connectivity index (χ0) is 20.0. The van der Waals surface area contributed by atoms with Crippen molar-refractivity contribution in [1.29, 1.82) is 0 Å². The number of anilines is 1. The fraction of sp³-hybridized carbons (Fsp3) is 0.400. The van der Waals surface area contributed by atoms with E-state index in [-0.39, 0.29) is 29.9 Å². The van der Waals surface area contributed by atoms with E-state index in [1.165, 1.54) is 11.3 Å². The molecule has 0 aliphatic carbocycles. The molecule has 0 aliphatic rings. The van der Waals surface area contributed by atoms with Crippen LogP contribution in [-0.2, 0) is 4.74 Å². The molecule has 0 bridgehead atoms. The SMILES string of the molecule is CN=C(NCCCNC(=O)c1cccs1)Nc1cccc(OCCCOC)c1.I. The third kappa shape index (κ3) is 9.95. The highest BCUT2D eigenvalue weighted by atomic mass is 127. The number of carbonyl (C=O) groups is 1. The smallest absolute Gasteiger partial charge is 0.261 e. The summed E-state index contributed by atoms with van der Waals surface area (Å²) in [5.41, 5.74) is 0.892. The zero-order valence-corrected chi connectivity index (χ0v) is 19.9. The van der Waals surface area contributed by atoms with Crippen LogP contribution >= 0.6 is 35.3 Å². The molecule has 0 spiro atoms. The number of ether oxygens (including phenoxy) is 2. The Hall–Kier alpha value is -1.85. The predicted molar refractivity (Wildman–Crippen MR) is 130 cm³/mol. The highest BCUT2D eigenvalue weighted by molar-refractivity contribution is 14.0. The Morgan fingerprint density at radius 1 is 1.10 bits per heavy atom. The van der Waals surface area contributed by atoms with Crippen molar-refractivity contribution in [3.63, 3.8) is 0 Å². The van der Waals surface area contributed by atoms with Crippen LogP contribution in [0.1, 0.15) is 22.5 Å². The highest BCUT2D eigenvalue weighted by Gasteiger charge is 2.05. The minimum absolute atomic E-state index is 0. The Morgan fingerprint density at radius 3 is 2.66 bits per heavy atom. The molecule has 0 radical (unpaired) electrons. The Kier molecular flexibility index (Phi) is 13.1. The van der Waals surface area contributed by atoms with E-state index < -0.39 is 0 Å². The third-order valence-electron chi connectivity index (χ3n) is 3.76. The largest absolute Gasteiger partial charge is 0.493 e. The summed E-state index contributed by atoms with van der Waals surface area (Å²) in [5.74, 6) is 1.44. The molecule has 9 heteroatoms. The number of hydrogen-bond acceptors (Lipinski definition) is 5. The second-order valence-corrected chi connectivity index (χ2v) is 6.88. The van der Waals surface area contributed by atoms with Gasteiger partial charge in [0.1, 0.15) is 5.75 Å². The summed E-state index contributed by atoms with van der Waals surface area (Å²) in [5, 5.41) is 11.3. The fourth-order valence-corrected chi connectivity index (χ4v) is 3.00. The van der Waals surface area contributed by atoms with Gasteiger partial charge in [-0.2, -0.15) is 0 Å². The van der Waals surface area contributed by atoms with Crippen LogP contribution in [0.2, 0.25) is 0 Å². The summed E-state index contributed by atoms with van der Waals surface area (Å²) in [6.45, 7) is 2.59. The first-order chi connectivity index (χ1) is 13.7. The van der Waals surface area contributed by atoms with Crippen LogP contribution < -0.4 is 20.7 Å². The first-order valence-electron chi connectivity index (χ1n) is 9.24. The number of thiophene rings is 1. The number of benzene rings is 1. The van der Waals surface area contributed by atoms with Gasteiger partial charge in [-0.25, -0.2) is 0 Å². The van der Waals surface area contributed by atoms with Crippen molar-refractivity contribution >= 4 is 52.9 Å². The van der Waals surface area contributed by atoms with Crippen LogP contribution in [0.3, 0.4) is 0 Å². The maximum absolute atomic E-state index is 11.9. The molecule has 160 valence electrons. The first kappa shape index (κ1) is 25.2. The number of amides is 1. The van der Waals surface area contributed by atoms with Crippen molar-refractivity contribution in [2.75, 3.05) is 45.8 Å². The molecule has 3 N–H and O–H groups in total. The molecular formula is C20H29IN4O3S. The molecule has 1 aromatic carbocycles. The molecule has 0 aliphatic heterocycles. The molecule has 0 atom stereocenters. The minimum Gasteiger partial charge on any atom is -0.493 e. The zero-order valence-electron chi connectivity index (χ0n) is 16.8. The van der Waals surface area contributed by atoms with Crippen LogP contribution in [0.5, 0.6) is 5.75 Å². The van der Waals surface area contributed by atoms with Gasteiger partial charge in [-0.05, 0) is 30.0 Å². The number of hydrogen-bond donors (Lipinski definition) is 3. The molecule has 0 fully saturated rings. The lowest BCUT2D eigenvalue weighted by molar-refractivity contribution is 0.0957. The summed E-state index contributed by atoms with van der Waals surface area (Å²) < 4.78 is 10.7. The van der Waals surface area contributed by atoms with Crippen molar-refractivity contribution in [2.24, 2.45) is 4.99 Å². The van der Waals surface area contributed by atoms with E-state index >= 15 is 0 Å². The Labute approximate surface area is 193 Å². The van der Waals surface area contributed by atoms with Crippen molar-refractivity contribution in [3.8, 4) is 5.75 Å². The van der Waals surface area contributed by atoms with E-state index in [0.29, 0.717) is 32.3 Å². The normalized spacial score (nSPS) is 10.8. The molecule has 1 aromatic heterocycles. The Morgan fingerprint density at radius 2 is 1.93 bits per heavy atom. The van der Waals surface area contributed by atoms with Gasteiger partial charge in [-0.3, -0.25) is 9.79 Å². The molecule has 2 rings (SSSR count). The molecule has 7 nitrogen and oxygen atoms in total. The topological polar surface area (TPSA) is 84.0 Å². The summed E-state index contributed by atoms with van der Waals surface area (Å²) in [7, 11) is 3.40. The molecule has 1 heterocycles. The summed E-state index contributed by atoms with van der Waals surface area (Å²) in [4.78, 5) is 16.8. The molecular weight excluding hydrogens is 503 g/mol. The molecule has 29 heavy (non-hydrogen) atoms. The van der Waals surface area contributed by atoms with Crippen molar-refractivity contribution < 1.29 is 14.3 Å². The predicted octanol–water partition coefficient (Wildman–Crippen LogP) is 3.59. The van der Waals surface area contributed by atoms with E-state index in [1.807, 2.05) is 41.8 Å². The number of rotatable bonds is 11. The van der Waals surface area contributed by atoms with Crippen LogP contribution in [0, 0.1) is 0 Å². The van der Waals surface area contributed by atoms with Crippen LogP contribution in [-0.4, -0.2) is 52.3 Å². The second kappa shape index (κ2) is 15.1. The van der Waals surface area contributed by atoms with Gasteiger partial charge in [0.2, 0.25) is 0 Å². The maximum Gasteiger partial charge on any atom is 0.261 e. The fourth-order valence-electron chi connectivity index (χ4n) is 2.36. The van der Waals surface area contributed by atoms with Gasteiger partial charge >= 0.3 is 0 Å². The van der Waals surface area contributed by atoms with Gasteiger partial charge in [-0.1, -0.05) is 12.1 Å². The average molecular weight is 532 g/mol. The Balaban J connectivity index is 0.00000420. The van der Waals surface area contributed by atoms with Gasteiger partial charge in [0, 0.05) is 52.0 Å². The van der Waals surface area contributed by atoms with Crippen molar-refractivity contribution in [3.05, 3.63) is 46.7 Å². The lowest BCUT2D eigenvalue weighted by atomic mass is 10.3. The maximum atomic E-state index is 11.9. The van der Waals surface area contributed by atoms with Crippen LogP contribution in [0.15, 0.2) is 46.8 Å². The number of nitrogens with zero attached hydrogens (tertiary/aromatic N) is 1. The summed E-state index contributed by atoms with van der Waals surface area (Å²) in [6, 6.07) is 11.4. The lowest BCUT2D eigenvalue weighted by Gasteiger charge is -2.13. The highest BCUT2D eigenvalue weighted by Crippen LogP contribution is 2.17. The minimum atomic E-state index is -0.0279. The van der Waals surface area contributed by atoms with E-state index in [1.54, 1.807) is 14.2 Å². The van der Waals surface area contributed by atoms with E-state index in [4.69, 9.17) is 9.47 Å². The van der Waals surface area contributed by atoms with Crippen LogP contribution in [0.4, 0.5) is 5.69 Å². The summed E-state index contributed by atoms with van der Waals surface area (Å²) >= 11 is 1.44. The van der Waals surface area contributed by atoms with Gasteiger partial charge in [0.05, 0.1) is 11.5 Å². The quantitative estimate of drug-likeness (QED) is 0.178. The van der Waals surface area contributed by atoms with Gasteiger partial charge in [0.15, 0.2) is 5.96 Å². The third-order valence-corrected chi connectivity index (χ3v) is 4.63. The Bertz CT molecular complexity index is 741. The number of methoxy groups -OCH3 is 1. The first-order valence-corrected chi connectivity index (χ1v) is 10.1. The molecule has 0 unspecified atom stereocenters. The number of aliphatic imine (C=N–C) groups is 1. The summed E-state index contributed by atoms with van der Waals surface area (Å²) in [6.07, 6.45) is 1.64. The van der Waals surface area contributed by atoms with Gasteiger partial charge in [-0.15, -0.1) is 35.3 Å². The van der Waals surface area contributed by atoms with Gasteiger partial charge in [0.25, 0.3) is 5.91 Å². The monoisotopic (exact) mass is 532 g/mol. The number of nitrogens with one attached hydrogen (secondary N) is 3. The second-order valence-electron chi connectivity index (χ2n) is 5.93. The average Bonchev–Trinajstić information content (AvgIpc) is 3.25. The van der Waals surface area contributed by atoms with E-state index in [2.05, 4.69) is 20.9 Å². The van der Waals surface area contributed by atoms with Gasteiger partial charge < -0.3 is 25.4 Å². The standard InChI is InChI=1S/C20H28N4O3S.HI/c1-21-20(23-11-5-10-22-19(25)18-9-4-14-28-18)24-16-7-3-8-17(15-16)27-13-6-12-26-2;/h3-4,7-9,14-15H,5-6,10-13H2,1-2H3,(H,22,25)(H2,21,23,24);1H.